The van der Waals surface area contributed by atoms with Gasteiger partial charge in [0.25, 0.3) is 0 Å². The van der Waals surface area contributed by atoms with Crippen molar-refractivity contribution in [1.29, 1.82) is 0 Å². The predicted molar refractivity (Wildman–Crippen MR) is 192 cm³/mol. The summed E-state index contributed by atoms with van der Waals surface area (Å²) in [5.74, 6) is 0. The zero-order valence-electron chi connectivity index (χ0n) is 35.0. The van der Waals surface area contributed by atoms with E-state index in [0.29, 0.717) is 17.4 Å². The Bertz CT molecular complexity index is 3440. The molecule has 0 aliphatic carbocycles. The molecule has 0 saturated carbocycles. The van der Waals surface area contributed by atoms with Gasteiger partial charge >= 0.3 is 0 Å². The second kappa shape index (κ2) is 9.07. The number of hydrogen-bond donors (Lipinski definition) is 0. The molecule has 8 aromatic carbocycles. The van der Waals surface area contributed by atoms with E-state index < -0.39 is 24.2 Å². The molecule has 2 aromatic heterocycles. The van der Waals surface area contributed by atoms with Gasteiger partial charge in [-0.3, -0.25) is 0 Å². The molecular weight excluding hydrogens is 544 g/mol. The average Bonchev–Trinajstić information content (AvgIpc) is 3.75. The number of para-hydroxylation sites is 3. The molecule has 2 heteroatoms. The van der Waals surface area contributed by atoms with E-state index in [2.05, 4.69) is 12.1 Å². The molecule has 0 aliphatic heterocycles. The molecule has 10 rings (SSSR count). The zero-order chi connectivity index (χ0) is 39.2. The van der Waals surface area contributed by atoms with Crippen molar-refractivity contribution in [2.24, 2.45) is 0 Å². The third-order valence-corrected chi connectivity index (χ3v) is 8.93. The number of hydrogen-bond acceptors (Lipinski definition) is 0. The minimum absolute atomic E-state index is 0.0496. The first-order valence-electron chi connectivity index (χ1n) is 20.2. The average molecular weight is 584 g/mol. The minimum atomic E-state index is -0.492. The summed E-state index contributed by atoms with van der Waals surface area (Å²) >= 11 is 0. The molecule has 0 fully saturated rings. The van der Waals surface area contributed by atoms with Gasteiger partial charge in [0.2, 0.25) is 0 Å². The van der Waals surface area contributed by atoms with Gasteiger partial charge in [0, 0.05) is 32.9 Å². The summed E-state index contributed by atoms with van der Waals surface area (Å²) in [4.78, 5) is 0. The van der Waals surface area contributed by atoms with E-state index in [1.165, 1.54) is 0 Å². The van der Waals surface area contributed by atoms with Gasteiger partial charge in [0.05, 0.1) is 37.1 Å². The maximum Gasteiger partial charge on any atom is 0.0788 e. The van der Waals surface area contributed by atoms with Crippen molar-refractivity contribution in [2.75, 3.05) is 0 Å². The van der Waals surface area contributed by atoms with Gasteiger partial charge in [-0.1, -0.05) is 121 Å². The van der Waals surface area contributed by atoms with E-state index in [4.69, 9.17) is 9.60 Å². The first-order chi connectivity index (χ1) is 26.8. The van der Waals surface area contributed by atoms with Crippen molar-refractivity contribution in [3.8, 4) is 11.4 Å². The summed E-state index contributed by atoms with van der Waals surface area (Å²) in [6, 6.07) is 22.7. The third-order valence-electron chi connectivity index (χ3n) is 8.93. The quantitative estimate of drug-likeness (QED) is 0.179. The summed E-state index contributed by atoms with van der Waals surface area (Å²) in [7, 11) is 0. The van der Waals surface area contributed by atoms with Crippen molar-refractivity contribution in [3.05, 3.63) is 157 Å². The largest absolute Gasteiger partial charge is 0.307 e. The van der Waals surface area contributed by atoms with Crippen molar-refractivity contribution in [3.63, 3.8) is 0 Å². The number of aromatic nitrogens is 2. The van der Waals surface area contributed by atoms with Gasteiger partial charge < -0.3 is 9.13 Å². The van der Waals surface area contributed by atoms with E-state index in [9.17, 15) is 5.48 Å². The number of benzene rings is 8. The normalized spacial score (nSPS) is 15.5. The Hall–Kier alpha value is -5.86. The smallest absolute Gasteiger partial charge is 0.0788 e. The molecular formula is C43H28N2. The second-order valence-corrected chi connectivity index (χ2v) is 11.4. The Balaban J connectivity index is 1.52. The molecule has 0 spiro atoms. The van der Waals surface area contributed by atoms with Crippen LogP contribution in [0, 0.1) is 6.92 Å². The maximum absolute atomic E-state index is 9.52. The number of rotatable bonds is 2. The standard InChI is InChI=1S/C43H28N2/c1-27-19-21-32-33-22-20-29(26-39(33)31-14-6-5-13-30(31)38(32)25-27)45-41-18-10-8-16-35(41)37-24-23-36-34-15-7-9-17-40(34)44(42(36)43(37)45)28-11-3-2-4-12-28/h2-26H,1H3/i5D,7D,8D,9D,10D,15D,16D,17D,18D,23D,24D. The van der Waals surface area contributed by atoms with Gasteiger partial charge in [-0.25, -0.2) is 0 Å². The van der Waals surface area contributed by atoms with E-state index in [1.54, 1.807) is 39.5 Å². The predicted octanol–water partition coefficient (Wildman–Crippen LogP) is 11.6. The zero-order valence-corrected chi connectivity index (χ0v) is 24.0. The molecule has 0 saturated heterocycles. The fourth-order valence-electron chi connectivity index (χ4n) is 7.04. The molecule has 210 valence electrons. The molecule has 0 amide bonds. The van der Waals surface area contributed by atoms with Gasteiger partial charge in [-0.15, -0.1) is 0 Å². The first kappa shape index (κ1) is 16.3. The maximum atomic E-state index is 9.52. The van der Waals surface area contributed by atoms with Crippen LogP contribution >= 0.6 is 0 Å². The van der Waals surface area contributed by atoms with E-state index in [1.807, 2.05) is 49.4 Å². The molecule has 0 unspecified atom stereocenters. The fraction of sp³-hybridized carbons (Fsp3) is 0.0233. The lowest BCUT2D eigenvalue weighted by Gasteiger charge is -2.15. The number of nitrogens with zero attached hydrogens (tertiary/aromatic N) is 2. The van der Waals surface area contributed by atoms with Crippen LogP contribution in [0.3, 0.4) is 0 Å². The fourth-order valence-corrected chi connectivity index (χ4v) is 7.04. The van der Waals surface area contributed by atoms with Crippen molar-refractivity contribution >= 4 is 75.9 Å². The monoisotopic (exact) mass is 583 g/mol. The molecule has 0 atom stereocenters. The van der Waals surface area contributed by atoms with Crippen molar-refractivity contribution in [1.82, 2.24) is 9.13 Å². The van der Waals surface area contributed by atoms with Crippen LogP contribution in [0.1, 0.15) is 20.6 Å². The number of fused-ring (bicyclic) bond motifs is 13. The summed E-state index contributed by atoms with van der Waals surface area (Å²) < 4.78 is 102. The van der Waals surface area contributed by atoms with E-state index in [0.717, 1.165) is 37.9 Å². The van der Waals surface area contributed by atoms with Crippen LogP contribution in [0.2, 0.25) is 0 Å². The van der Waals surface area contributed by atoms with Crippen LogP contribution in [0.5, 0.6) is 0 Å². The highest BCUT2D eigenvalue weighted by atomic mass is 15.0. The SMILES string of the molecule is [2H]c1ccc2c(c1)c1cc(C)ccc1c1ccc(-n3c4c([2H])c([2H])c([2H])c([2H])c4c4c([2H])c([2H])c5c6c([2H])c([2H])c([2H])c([2H])c6n(-c6ccccc6)c5c43)cc12. The van der Waals surface area contributed by atoms with Crippen LogP contribution in [-0.4, -0.2) is 9.13 Å². The molecule has 0 radical (unpaired) electrons. The lowest BCUT2D eigenvalue weighted by atomic mass is 9.93. The van der Waals surface area contributed by atoms with Crippen LogP contribution in [0.4, 0.5) is 0 Å². The van der Waals surface area contributed by atoms with Gasteiger partial charge in [-0.05, 0) is 75.6 Å². The Kier molecular flexibility index (Phi) is 3.28. The van der Waals surface area contributed by atoms with Gasteiger partial charge in [0.15, 0.2) is 0 Å². The highest BCUT2D eigenvalue weighted by Crippen LogP contribution is 2.43. The lowest BCUT2D eigenvalue weighted by molar-refractivity contribution is 1.15. The summed E-state index contributed by atoms with van der Waals surface area (Å²) in [6.45, 7) is 2.02. The van der Waals surface area contributed by atoms with Crippen LogP contribution in [-0.2, 0) is 0 Å². The summed E-state index contributed by atoms with van der Waals surface area (Å²) in [5, 5.41) is 5.79. The lowest BCUT2D eigenvalue weighted by Crippen LogP contribution is -1.99. The number of aryl methyl sites for hydroxylation is 1. The van der Waals surface area contributed by atoms with Crippen molar-refractivity contribution < 1.29 is 15.1 Å². The van der Waals surface area contributed by atoms with Gasteiger partial charge in [-0.2, -0.15) is 0 Å². The van der Waals surface area contributed by atoms with Crippen LogP contribution in [0.15, 0.2) is 151 Å². The summed E-state index contributed by atoms with van der Waals surface area (Å²) in [5.41, 5.74) is 2.80. The molecule has 45 heavy (non-hydrogen) atoms. The van der Waals surface area contributed by atoms with Crippen molar-refractivity contribution in [2.45, 2.75) is 6.92 Å². The Morgan fingerprint density at radius 3 is 1.69 bits per heavy atom. The molecule has 0 bridgehead atoms. The first-order valence-corrected chi connectivity index (χ1v) is 14.7. The van der Waals surface area contributed by atoms with Gasteiger partial charge in [0.1, 0.15) is 0 Å². The Labute approximate surface area is 275 Å². The Morgan fingerprint density at radius 1 is 0.400 bits per heavy atom. The molecule has 2 heterocycles. The molecule has 0 aliphatic rings. The third kappa shape index (κ3) is 3.34. The highest BCUT2D eigenvalue weighted by molar-refractivity contribution is 6.27. The molecule has 2 nitrogen and oxygen atoms in total. The van der Waals surface area contributed by atoms with E-state index >= 15 is 0 Å². The molecule has 10 aromatic rings. The minimum Gasteiger partial charge on any atom is -0.307 e. The van der Waals surface area contributed by atoms with Crippen LogP contribution in [0.25, 0.3) is 87.3 Å². The second-order valence-electron chi connectivity index (χ2n) is 11.4. The molecule has 0 N–H and O–H groups in total. The Morgan fingerprint density at radius 2 is 0.978 bits per heavy atom. The topological polar surface area (TPSA) is 9.86 Å². The highest BCUT2D eigenvalue weighted by Gasteiger charge is 2.21. The van der Waals surface area contributed by atoms with Crippen LogP contribution < -0.4 is 0 Å². The summed E-state index contributed by atoms with van der Waals surface area (Å²) in [6.07, 6.45) is 0. The van der Waals surface area contributed by atoms with E-state index in [-0.39, 0.29) is 79.9 Å².